The lowest BCUT2D eigenvalue weighted by Crippen LogP contribution is -2.22. The minimum absolute atomic E-state index is 0.106. The van der Waals surface area contributed by atoms with E-state index in [1.165, 1.54) is 0 Å². The molecule has 0 bridgehead atoms. The number of aromatic nitrogens is 4. The third kappa shape index (κ3) is 2.89. The predicted octanol–water partition coefficient (Wildman–Crippen LogP) is 2.92. The summed E-state index contributed by atoms with van der Waals surface area (Å²) in [6.45, 7) is 0.492. The monoisotopic (exact) mass is 331 g/mol. The Morgan fingerprint density at radius 1 is 1.00 bits per heavy atom. The number of imidazole rings is 1. The van der Waals surface area contributed by atoms with Gasteiger partial charge in [0, 0.05) is 12.7 Å². The number of nitrogens with zero attached hydrogens (tertiary/aromatic N) is 4. The van der Waals surface area contributed by atoms with Crippen molar-refractivity contribution in [3.05, 3.63) is 82.9 Å². The number of benzene rings is 2. The first-order valence-electron chi connectivity index (χ1n) is 8.00. The van der Waals surface area contributed by atoms with Gasteiger partial charge in [0.15, 0.2) is 5.65 Å². The molecule has 2 heterocycles. The molecular formula is C19H17N5O. The summed E-state index contributed by atoms with van der Waals surface area (Å²) < 4.78 is 3.24. The van der Waals surface area contributed by atoms with E-state index in [0.717, 1.165) is 16.8 Å². The number of rotatable bonds is 4. The van der Waals surface area contributed by atoms with Crippen molar-refractivity contribution in [2.45, 2.75) is 6.54 Å². The highest BCUT2D eigenvalue weighted by molar-refractivity contribution is 5.72. The second-order valence-corrected chi connectivity index (χ2v) is 5.81. The molecule has 0 aliphatic carbocycles. The smallest absolute Gasteiger partial charge is 0.324 e. The van der Waals surface area contributed by atoms with Gasteiger partial charge in [0.2, 0.25) is 5.95 Å². The van der Waals surface area contributed by atoms with Crippen LogP contribution < -0.4 is 11.0 Å². The number of hydrogen-bond acceptors (Lipinski definition) is 4. The summed E-state index contributed by atoms with van der Waals surface area (Å²) in [5.41, 5.74) is 3.17. The molecule has 0 saturated carbocycles. The topological polar surface area (TPSA) is 64.7 Å². The summed E-state index contributed by atoms with van der Waals surface area (Å²) in [7, 11) is 1.73. The van der Waals surface area contributed by atoms with Crippen LogP contribution in [-0.4, -0.2) is 19.1 Å². The summed E-state index contributed by atoms with van der Waals surface area (Å²) >= 11 is 0. The molecule has 6 heteroatoms. The Bertz CT molecular complexity index is 1070. The van der Waals surface area contributed by atoms with Gasteiger partial charge in [-0.15, -0.1) is 0 Å². The van der Waals surface area contributed by atoms with Crippen molar-refractivity contribution in [3.63, 3.8) is 0 Å². The van der Waals surface area contributed by atoms with Gasteiger partial charge in [0.25, 0.3) is 0 Å². The van der Waals surface area contributed by atoms with Gasteiger partial charge in [0.05, 0.1) is 12.7 Å². The fourth-order valence-electron chi connectivity index (χ4n) is 2.81. The van der Waals surface area contributed by atoms with Gasteiger partial charge < -0.3 is 5.32 Å². The standard InChI is InChI=1S/C19H17N5O/c1-23-17-16(24(19(23)25)13-14-8-4-2-5-9-14)12-20-18(22-17)21-15-10-6-3-7-11-15/h2-12H,13H2,1H3,(H,20,21,22). The summed E-state index contributed by atoms with van der Waals surface area (Å²) in [5, 5.41) is 3.15. The summed E-state index contributed by atoms with van der Waals surface area (Å²) in [4.78, 5) is 21.5. The van der Waals surface area contributed by atoms with E-state index >= 15 is 0 Å². The average Bonchev–Trinajstić information content (AvgIpc) is 2.88. The van der Waals surface area contributed by atoms with Crippen molar-refractivity contribution in [3.8, 4) is 0 Å². The van der Waals surface area contributed by atoms with Crippen molar-refractivity contribution in [1.29, 1.82) is 0 Å². The van der Waals surface area contributed by atoms with Crippen molar-refractivity contribution >= 4 is 22.8 Å². The van der Waals surface area contributed by atoms with Gasteiger partial charge in [-0.05, 0) is 17.7 Å². The van der Waals surface area contributed by atoms with E-state index in [-0.39, 0.29) is 5.69 Å². The highest BCUT2D eigenvalue weighted by Crippen LogP contribution is 2.16. The van der Waals surface area contributed by atoms with Crippen LogP contribution >= 0.6 is 0 Å². The predicted molar refractivity (Wildman–Crippen MR) is 98.0 cm³/mol. The number of hydrogen-bond donors (Lipinski definition) is 1. The Morgan fingerprint density at radius 3 is 2.40 bits per heavy atom. The highest BCUT2D eigenvalue weighted by Gasteiger charge is 2.13. The fraction of sp³-hybridized carbons (Fsp3) is 0.105. The zero-order valence-electron chi connectivity index (χ0n) is 13.8. The fourth-order valence-corrected chi connectivity index (χ4v) is 2.81. The molecule has 0 spiro atoms. The van der Waals surface area contributed by atoms with Crippen molar-refractivity contribution < 1.29 is 0 Å². The summed E-state index contributed by atoms with van der Waals surface area (Å²) in [5.74, 6) is 0.464. The maximum Gasteiger partial charge on any atom is 0.330 e. The molecule has 0 radical (unpaired) electrons. The van der Waals surface area contributed by atoms with Crippen LogP contribution in [0.3, 0.4) is 0 Å². The Morgan fingerprint density at radius 2 is 1.68 bits per heavy atom. The Hall–Kier alpha value is -3.41. The first-order valence-corrected chi connectivity index (χ1v) is 8.00. The van der Waals surface area contributed by atoms with Crippen molar-refractivity contribution in [1.82, 2.24) is 19.1 Å². The number of nitrogens with one attached hydrogen (secondary N) is 1. The molecule has 1 N–H and O–H groups in total. The van der Waals surface area contributed by atoms with E-state index in [0.29, 0.717) is 18.1 Å². The zero-order chi connectivity index (χ0) is 17.2. The highest BCUT2D eigenvalue weighted by atomic mass is 16.1. The van der Waals surface area contributed by atoms with Crippen LogP contribution in [0.15, 0.2) is 71.7 Å². The normalized spacial score (nSPS) is 10.9. The number of anilines is 2. The van der Waals surface area contributed by atoms with Gasteiger partial charge in [-0.2, -0.15) is 4.98 Å². The number of aryl methyl sites for hydroxylation is 1. The van der Waals surface area contributed by atoms with E-state index in [4.69, 9.17) is 0 Å². The first kappa shape index (κ1) is 15.1. The minimum atomic E-state index is -0.106. The molecule has 0 fully saturated rings. The van der Waals surface area contributed by atoms with Gasteiger partial charge in [0.1, 0.15) is 5.52 Å². The molecule has 4 rings (SSSR count). The summed E-state index contributed by atoms with van der Waals surface area (Å²) in [6, 6.07) is 19.6. The lowest BCUT2D eigenvalue weighted by molar-refractivity contribution is 0.734. The maximum atomic E-state index is 12.6. The molecule has 0 aliphatic rings. The maximum absolute atomic E-state index is 12.6. The van der Waals surface area contributed by atoms with Crippen LogP contribution in [0.4, 0.5) is 11.6 Å². The van der Waals surface area contributed by atoms with Crippen LogP contribution in [0.25, 0.3) is 11.2 Å². The SMILES string of the molecule is Cn1c(=O)n(Cc2ccccc2)c2cnc(Nc3ccccc3)nc21. The van der Waals surface area contributed by atoms with E-state index in [2.05, 4.69) is 15.3 Å². The van der Waals surface area contributed by atoms with Gasteiger partial charge in [-0.25, -0.2) is 9.78 Å². The van der Waals surface area contributed by atoms with E-state index in [1.807, 2.05) is 60.7 Å². The van der Waals surface area contributed by atoms with E-state index < -0.39 is 0 Å². The lowest BCUT2D eigenvalue weighted by Gasteiger charge is -2.05. The third-order valence-corrected chi connectivity index (χ3v) is 4.09. The van der Waals surface area contributed by atoms with Gasteiger partial charge in [-0.3, -0.25) is 9.13 Å². The molecule has 124 valence electrons. The largest absolute Gasteiger partial charge is 0.330 e. The molecule has 25 heavy (non-hydrogen) atoms. The molecule has 0 aliphatic heterocycles. The molecule has 2 aromatic heterocycles. The minimum Gasteiger partial charge on any atom is -0.324 e. The molecular weight excluding hydrogens is 314 g/mol. The molecule has 0 atom stereocenters. The number of fused-ring (bicyclic) bond motifs is 1. The average molecular weight is 331 g/mol. The molecule has 4 aromatic rings. The first-order chi connectivity index (χ1) is 12.2. The van der Waals surface area contributed by atoms with Crippen molar-refractivity contribution in [2.24, 2.45) is 7.05 Å². The zero-order valence-corrected chi connectivity index (χ0v) is 13.8. The molecule has 2 aromatic carbocycles. The van der Waals surface area contributed by atoms with Crippen LogP contribution in [0.1, 0.15) is 5.56 Å². The molecule has 0 amide bonds. The molecule has 6 nitrogen and oxygen atoms in total. The van der Waals surface area contributed by atoms with Gasteiger partial charge in [-0.1, -0.05) is 48.5 Å². The van der Waals surface area contributed by atoms with E-state index in [1.54, 1.807) is 22.4 Å². The Kier molecular flexibility index (Phi) is 3.78. The Labute approximate surface area is 144 Å². The second kappa shape index (κ2) is 6.24. The number of para-hydroxylation sites is 1. The molecule has 0 saturated heterocycles. The lowest BCUT2D eigenvalue weighted by atomic mass is 10.2. The Balaban J connectivity index is 1.74. The second-order valence-electron chi connectivity index (χ2n) is 5.81. The van der Waals surface area contributed by atoms with Crippen LogP contribution in [0, 0.1) is 0 Å². The van der Waals surface area contributed by atoms with Gasteiger partial charge >= 0.3 is 5.69 Å². The molecule has 0 unspecified atom stereocenters. The summed E-state index contributed by atoms with van der Waals surface area (Å²) in [6.07, 6.45) is 1.69. The van der Waals surface area contributed by atoms with E-state index in [9.17, 15) is 4.79 Å². The van der Waals surface area contributed by atoms with Crippen molar-refractivity contribution in [2.75, 3.05) is 5.32 Å². The van der Waals surface area contributed by atoms with Crippen LogP contribution in [0.5, 0.6) is 0 Å². The van der Waals surface area contributed by atoms with Crippen LogP contribution in [-0.2, 0) is 13.6 Å². The quantitative estimate of drug-likeness (QED) is 0.624. The van der Waals surface area contributed by atoms with Crippen LogP contribution in [0.2, 0.25) is 0 Å². The third-order valence-electron chi connectivity index (χ3n) is 4.09.